The van der Waals surface area contributed by atoms with Gasteiger partial charge in [0.05, 0.1) is 15.9 Å². The fourth-order valence-electron chi connectivity index (χ4n) is 2.27. The summed E-state index contributed by atoms with van der Waals surface area (Å²) in [5, 5.41) is 8.83. The highest BCUT2D eigenvalue weighted by Gasteiger charge is 2.25. The van der Waals surface area contributed by atoms with Gasteiger partial charge in [-0.2, -0.15) is 5.26 Å². The molecule has 0 fully saturated rings. The van der Waals surface area contributed by atoms with Gasteiger partial charge in [-0.15, -0.1) is 11.3 Å². The predicted molar refractivity (Wildman–Crippen MR) is 85.1 cm³/mol. The Labute approximate surface area is 128 Å². The number of hydrogen-bond acceptors (Lipinski definition) is 4. The standard InChI is InChI=1S/C14H22BrN3S/c1-10(2)9-18(8-4-7-16)14(11(3)17)12-5-6-13(15)19-12/h5-6,10-11,14H,4,8-9,17H2,1-3H3. The van der Waals surface area contributed by atoms with Gasteiger partial charge in [-0.25, -0.2) is 0 Å². The van der Waals surface area contributed by atoms with Crippen LogP contribution in [0.15, 0.2) is 15.9 Å². The molecule has 0 aromatic carbocycles. The third kappa shape index (κ3) is 5.23. The van der Waals surface area contributed by atoms with Gasteiger partial charge in [-0.3, -0.25) is 4.90 Å². The molecule has 19 heavy (non-hydrogen) atoms. The third-order valence-corrected chi connectivity index (χ3v) is 4.58. The van der Waals surface area contributed by atoms with Gasteiger partial charge in [0.25, 0.3) is 0 Å². The Morgan fingerprint density at radius 2 is 2.11 bits per heavy atom. The van der Waals surface area contributed by atoms with Gasteiger partial charge in [0.1, 0.15) is 0 Å². The number of thiophene rings is 1. The van der Waals surface area contributed by atoms with Gasteiger partial charge in [-0.05, 0) is 40.9 Å². The van der Waals surface area contributed by atoms with E-state index in [2.05, 4.69) is 52.9 Å². The van der Waals surface area contributed by atoms with Crippen LogP contribution in [0.5, 0.6) is 0 Å². The second kappa shape index (κ2) is 8.01. The first-order chi connectivity index (χ1) is 8.95. The maximum absolute atomic E-state index is 8.83. The zero-order valence-electron chi connectivity index (χ0n) is 11.8. The highest BCUT2D eigenvalue weighted by atomic mass is 79.9. The van der Waals surface area contributed by atoms with Gasteiger partial charge in [0.2, 0.25) is 0 Å². The van der Waals surface area contributed by atoms with E-state index < -0.39 is 0 Å². The van der Waals surface area contributed by atoms with Crippen LogP contribution in [0.4, 0.5) is 0 Å². The molecule has 5 heteroatoms. The Morgan fingerprint density at radius 3 is 2.53 bits per heavy atom. The fourth-order valence-corrected chi connectivity index (χ4v) is 3.94. The van der Waals surface area contributed by atoms with Crippen LogP contribution in [0.2, 0.25) is 0 Å². The molecule has 0 spiro atoms. The van der Waals surface area contributed by atoms with E-state index in [-0.39, 0.29) is 12.1 Å². The van der Waals surface area contributed by atoms with Gasteiger partial charge < -0.3 is 5.73 Å². The van der Waals surface area contributed by atoms with Crippen LogP contribution >= 0.6 is 27.3 Å². The first kappa shape index (κ1) is 16.6. The summed E-state index contributed by atoms with van der Waals surface area (Å²) in [6.07, 6.45) is 0.544. The summed E-state index contributed by atoms with van der Waals surface area (Å²) in [4.78, 5) is 3.61. The number of nitrogens with two attached hydrogens (primary N) is 1. The monoisotopic (exact) mass is 343 g/mol. The van der Waals surface area contributed by atoms with Gasteiger partial charge in [0, 0.05) is 30.4 Å². The molecule has 1 heterocycles. The highest BCUT2D eigenvalue weighted by Crippen LogP contribution is 2.33. The number of rotatable bonds is 7. The van der Waals surface area contributed by atoms with Crippen LogP contribution in [0.1, 0.15) is 38.1 Å². The topological polar surface area (TPSA) is 53.0 Å². The van der Waals surface area contributed by atoms with Crippen molar-refractivity contribution in [3.63, 3.8) is 0 Å². The molecule has 0 radical (unpaired) electrons. The van der Waals surface area contributed by atoms with Crippen molar-refractivity contribution in [3.8, 4) is 6.07 Å². The van der Waals surface area contributed by atoms with Gasteiger partial charge in [-0.1, -0.05) is 13.8 Å². The minimum atomic E-state index is 0.0444. The Morgan fingerprint density at radius 1 is 1.42 bits per heavy atom. The van der Waals surface area contributed by atoms with E-state index in [9.17, 15) is 0 Å². The van der Waals surface area contributed by atoms with E-state index in [1.807, 2.05) is 6.92 Å². The smallest absolute Gasteiger partial charge is 0.0702 e. The van der Waals surface area contributed by atoms with E-state index in [0.717, 1.165) is 16.9 Å². The molecule has 1 rings (SSSR count). The minimum Gasteiger partial charge on any atom is -0.326 e. The van der Waals surface area contributed by atoms with Crippen LogP contribution in [0, 0.1) is 17.2 Å². The van der Waals surface area contributed by atoms with Crippen LogP contribution in [0.3, 0.4) is 0 Å². The Kier molecular flexibility index (Phi) is 7.01. The molecule has 0 saturated carbocycles. The molecule has 106 valence electrons. The van der Waals surface area contributed by atoms with Crippen LogP contribution in [-0.4, -0.2) is 24.0 Å². The molecule has 0 bridgehead atoms. The summed E-state index contributed by atoms with van der Waals surface area (Å²) < 4.78 is 1.12. The van der Waals surface area contributed by atoms with Crippen molar-refractivity contribution in [1.29, 1.82) is 5.26 Å². The SMILES string of the molecule is CC(C)CN(CCC#N)C(c1ccc(Br)s1)C(C)N. The summed E-state index contributed by atoms with van der Waals surface area (Å²) in [6, 6.07) is 6.66. The maximum Gasteiger partial charge on any atom is 0.0702 e. The summed E-state index contributed by atoms with van der Waals surface area (Å²) >= 11 is 5.23. The molecule has 2 N–H and O–H groups in total. The fraction of sp³-hybridized carbons (Fsp3) is 0.643. The van der Waals surface area contributed by atoms with Crippen molar-refractivity contribution in [3.05, 3.63) is 20.8 Å². The lowest BCUT2D eigenvalue weighted by Gasteiger charge is -2.34. The Balaban J connectivity index is 2.94. The van der Waals surface area contributed by atoms with Crippen molar-refractivity contribution >= 4 is 27.3 Å². The highest BCUT2D eigenvalue weighted by molar-refractivity contribution is 9.11. The van der Waals surface area contributed by atoms with Crippen LogP contribution in [0.25, 0.3) is 0 Å². The van der Waals surface area contributed by atoms with Gasteiger partial charge >= 0.3 is 0 Å². The number of halogens is 1. The van der Waals surface area contributed by atoms with E-state index in [1.54, 1.807) is 11.3 Å². The first-order valence-corrected chi connectivity index (χ1v) is 8.18. The number of nitriles is 1. The summed E-state index contributed by atoms with van der Waals surface area (Å²) in [5.41, 5.74) is 6.19. The van der Waals surface area contributed by atoms with Crippen molar-refractivity contribution in [1.82, 2.24) is 4.90 Å². The molecule has 0 saturated heterocycles. The molecule has 0 aliphatic carbocycles. The second-order valence-electron chi connectivity index (χ2n) is 5.24. The Bertz CT molecular complexity index is 423. The molecule has 2 unspecified atom stereocenters. The van der Waals surface area contributed by atoms with Crippen molar-refractivity contribution in [2.75, 3.05) is 13.1 Å². The molecule has 1 aromatic rings. The lowest BCUT2D eigenvalue weighted by molar-refractivity contribution is 0.163. The average Bonchev–Trinajstić information content (AvgIpc) is 2.71. The minimum absolute atomic E-state index is 0.0444. The summed E-state index contributed by atoms with van der Waals surface area (Å²) in [6.45, 7) is 8.17. The summed E-state index contributed by atoms with van der Waals surface area (Å²) in [5.74, 6) is 0.559. The Hall–Kier alpha value is -0.410. The maximum atomic E-state index is 8.83. The molecular weight excluding hydrogens is 322 g/mol. The van der Waals surface area contributed by atoms with Crippen molar-refractivity contribution < 1.29 is 0 Å². The zero-order valence-corrected chi connectivity index (χ0v) is 14.2. The molecule has 2 atom stereocenters. The normalized spacial score (nSPS) is 14.6. The molecular formula is C14H22BrN3S. The quantitative estimate of drug-likeness (QED) is 0.819. The molecule has 0 amide bonds. The number of nitrogens with zero attached hydrogens (tertiary/aromatic N) is 2. The van der Waals surface area contributed by atoms with E-state index in [4.69, 9.17) is 11.0 Å². The average molecular weight is 344 g/mol. The van der Waals surface area contributed by atoms with E-state index >= 15 is 0 Å². The molecule has 3 nitrogen and oxygen atoms in total. The van der Waals surface area contributed by atoms with Crippen molar-refractivity contribution in [2.24, 2.45) is 11.7 Å². The van der Waals surface area contributed by atoms with Crippen molar-refractivity contribution in [2.45, 2.75) is 39.3 Å². The third-order valence-electron chi connectivity index (χ3n) is 2.89. The lowest BCUT2D eigenvalue weighted by Crippen LogP contribution is -2.41. The number of hydrogen-bond donors (Lipinski definition) is 1. The molecule has 1 aromatic heterocycles. The second-order valence-corrected chi connectivity index (χ2v) is 7.74. The molecule has 0 aliphatic rings. The largest absolute Gasteiger partial charge is 0.326 e. The van der Waals surface area contributed by atoms with Gasteiger partial charge in [0.15, 0.2) is 0 Å². The lowest BCUT2D eigenvalue weighted by atomic mass is 10.0. The molecule has 0 aliphatic heterocycles. The first-order valence-electron chi connectivity index (χ1n) is 6.57. The van der Waals surface area contributed by atoms with E-state index in [0.29, 0.717) is 12.3 Å². The summed E-state index contributed by atoms with van der Waals surface area (Å²) in [7, 11) is 0. The predicted octanol–water partition coefficient (Wildman–Crippen LogP) is 3.77. The van der Waals surface area contributed by atoms with Crippen LogP contribution < -0.4 is 5.73 Å². The van der Waals surface area contributed by atoms with E-state index in [1.165, 1.54) is 4.88 Å². The van der Waals surface area contributed by atoms with Crippen LogP contribution in [-0.2, 0) is 0 Å². The zero-order chi connectivity index (χ0) is 14.4.